The number of rotatable bonds is 7. The van der Waals surface area contributed by atoms with Crippen LogP contribution in [0.2, 0.25) is 0 Å². The molecule has 2 aromatic rings. The molecule has 0 aliphatic carbocycles. The van der Waals surface area contributed by atoms with Crippen LogP contribution in [0.25, 0.3) is 10.4 Å². The van der Waals surface area contributed by atoms with E-state index in [4.69, 9.17) is 4.74 Å². The number of amides is 2. The van der Waals surface area contributed by atoms with Gasteiger partial charge in [0.05, 0.1) is 5.41 Å². The Labute approximate surface area is 170 Å². The molecule has 28 heavy (non-hydrogen) atoms. The van der Waals surface area contributed by atoms with Crippen molar-refractivity contribution in [3.05, 3.63) is 47.3 Å². The van der Waals surface area contributed by atoms with Crippen LogP contribution in [0, 0.1) is 5.41 Å². The van der Waals surface area contributed by atoms with Gasteiger partial charge in [0.2, 0.25) is 11.8 Å². The van der Waals surface area contributed by atoms with Crippen molar-refractivity contribution in [3.8, 4) is 10.4 Å². The molecule has 1 fully saturated rings. The number of methoxy groups -OCH3 is 1. The number of thiophene rings is 1. The van der Waals surface area contributed by atoms with Gasteiger partial charge in [-0.3, -0.25) is 9.59 Å². The number of carbonyl (C=O) groups excluding carboxylic acids is 2. The van der Waals surface area contributed by atoms with Crippen molar-refractivity contribution >= 4 is 23.2 Å². The Bertz CT molecular complexity index is 789. The van der Waals surface area contributed by atoms with Gasteiger partial charge in [-0.15, -0.1) is 11.3 Å². The minimum atomic E-state index is -0.595. The van der Waals surface area contributed by atoms with E-state index < -0.39 is 5.41 Å². The molecular formula is C22H28N2O3S. The molecule has 0 spiro atoms. The van der Waals surface area contributed by atoms with Crippen molar-refractivity contribution in [3.63, 3.8) is 0 Å². The highest BCUT2D eigenvalue weighted by Crippen LogP contribution is 2.35. The standard InChI is InChI=1S/C22H28N2O3S/c1-3-23-21(26)22(11-5-12-24(16-22)20(25)15-27-2)14-17-7-9-18(10-8-17)19-6-4-13-28-19/h4,6-10,13H,3,5,11-12,14-16H2,1-2H3,(H,23,26)/t22-/m1/s1. The highest BCUT2D eigenvalue weighted by Gasteiger charge is 2.43. The van der Waals surface area contributed by atoms with Gasteiger partial charge in [0.25, 0.3) is 0 Å². The van der Waals surface area contributed by atoms with Gasteiger partial charge in [0.15, 0.2) is 0 Å². The van der Waals surface area contributed by atoms with E-state index in [0.29, 0.717) is 26.1 Å². The predicted octanol–water partition coefficient (Wildman–Crippen LogP) is 3.35. The summed E-state index contributed by atoms with van der Waals surface area (Å²) < 4.78 is 5.01. The second kappa shape index (κ2) is 9.34. The largest absolute Gasteiger partial charge is 0.375 e. The van der Waals surface area contributed by atoms with Crippen LogP contribution in [0.3, 0.4) is 0 Å². The second-order valence-electron chi connectivity index (χ2n) is 7.34. The molecule has 3 rings (SSSR count). The predicted molar refractivity (Wildman–Crippen MR) is 112 cm³/mol. The summed E-state index contributed by atoms with van der Waals surface area (Å²) in [6, 6.07) is 12.6. The molecule has 1 atom stereocenters. The maximum atomic E-state index is 13.0. The quantitative estimate of drug-likeness (QED) is 0.775. The highest BCUT2D eigenvalue weighted by atomic mass is 32.1. The fourth-order valence-corrected chi connectivity index (χ4v) is 4.67. The molecule has 0 bridgehead atoms. The molecule has 1 saturated heterocycles. The van der Waals surface area contributed by atoms with Crippen LogP contribution < -0.4 is 5.32 Å². The molecule has 2 heterocycles. The van der Waals surface area contributed by atoms with Gasteiger partial charge in [-0.05, 0) is 48.8 Å². The highest BCUT2D eigenvalue weighted by molar-refractivity contribution is 7.13. The Balaban J connectivity index is 1.81. The normalized spacial score (nSPS) is 19.4. The van der Waals surface area contributed by atoms with E-state index >= 15 is 0 Å². The maximum Gasteiger partial charge on any atom is 0.248 e. The average Bonchev–Trinajstić information content (AvgIpc) is 3.24. The minimum absolute atomic E-state index is 0.0345. The van der Waals surface area contributed by atoms with Crippen LogP contribution in [0.1, 0.15) is 25.3 Å². The van der Waals surface area contributed by atoms with Crippen molar-refractivity contribution in [2.45, 2.75) is 26.2 Å². The molecule has 0 unspecified atom stereocenters. The Morgan fingerprint density at radius 1 is 1.25 bits per heavy atom. The van der Waals surface area contributed by atoms with Gasteiger partial charge < -0.3 is 15.0 Å². The van der Waals surface area contributed by atoms with Gasteiger partial charge in [-0.2, -0.15) is 0 Å². The van der Waals surface area contributed by atoms with Crippen LogP contribution in [-0.2, 0) is 20.7 Å². The summed E-state index contributed by atoms with van der Waals surface area (Å²) in [5.41, 5.74) is 1.71. The van der Waals surface area contributed by atoms with Gasteiger partial charge in [-0.25, -0.2) is 0 Å². The third-order valence-electron chi connectivity index (χ3n) is 5.32. The Hall–Kier alpha value is -2.18. The number of carbonyl (C=O) groups is 2. The van der Waals surface area contributed by atoms with Crippen LogP contribution >= 0.6 is 11.3 Å². The molecule has 0 saturated carbocycles. The molecule has 1 aromatic heterocycles. The summed E-state index contributed by atoms with van der Waals surface area (Å²) in [5.74, 6) is -0.0174. The third kappa shape index (κ3) is 4.62. The number of benzene rings is 1. The molecule has 1 N–H and O–H groups in total. The summed E-state index contributed by atoms with van der Waals surface area (Å²) in [4.78, 5) is 28.4. The van der Waals surface area contributed by atoms with E-state index in [9.17, 15) is 9.59 Å². The van der Waals surface area contributed by atoms with Gasteiger partial charge in [0.1, 0.15) is 6.61 Å². The number of nitrogens with zero attached hydrogens (tertiary/aromatic N) is 1. The van der Waals surface area contributed by atoms with Crippen LogP contribution in [0.15, 0.2) is 41.8 Å². The van der Waals surface area contributed by atoms with E-state index in [0.717, 1.165) is 18.4 Å². The molecule has 150 valence electrons. The molecule has 1 aliphatic rings. The van der Waals surface area contributed by atoms with Crippen LogP contribution in [-0.4, -0.2) is 50.1 Å². The lowest BCUT2D eigenvalue weighted by atomic mass is 9.74. The van der Waals surface area contributed by atoms with E-state index in [1.54, 1.807) is 16.2 Å². The lowest BCUT2D eigenvalue weighted by Crippen LogP contribution is -2.55. The molecule has 5 nitrogen and oxygen atoms in total. The molecule has 1 aromatic carbocycles. The van der Waals surface area contributed by atoms with E-state index in [1.807, 2.05) is 13.0 Å². The first kappa shape index (κ1) is 20.6. The summed E-state index contributed by atoms with van der Waals surface area (Å²) in [6.07, 6.45) is 2.22. The summed E-state index contributed by atoms with van der Waals surface area (Å²) in [5, 5.41) is 5.07. The fourth-order valence-electron chi connectivity index (χ4n) is 3.94. The van der Waals surface area contributed by atoms with Crippen molar-refractivity contribution in [1.29, 1.82) is 0 Å². The number of piperidine rings is 1. The SMILES string of the molecule is CCNC(=O)[C@@]1(Cc2ccc(-c3cccs3)cc2)CCCN(C(=O)COC)C1. The second-order valence-corrected chi connectivity index (χ2v) is 8.29. The molecule has 1 aliphatic heterocycles. The lowest BCUT2D eigenvalue weighted by Gasteiger charge is -2.41. The van der Waals surface area contributed by atoms with Gasteiger partial charge in [0, 0.05) is 31.6 Å². The maximum absolute atomic E-state index is 13.0. The Kier molecular flexibility index (Phi) is 6.86. The zero-order valence-electron chi connectivity index (χ0n) is 16.6. The first-order valence-electron chi connectivity index (χ1n) is 9.76. The smallest absolute Gasteiger partial charge is 0.248 e. The zero-order chi connectivity index (χ0) is 20.0. The number of ether oxygens (including phenoxy) is 1. The number of likely N-dealkylation sites (tertiary alicyclic amines) is 1. The summed E-state index contributed by atoms with van der Waals surface area (Å²) >= 11 is 1.72. The van der Waals surface area contributed by atoms with Crippen LogP contribution in [0.5, 0.6) is 0 Å². The Morgan fingerprint density at radius 2 is 2.04 bits per heavy atom. The minimum Gasteiger partial charge on any atom is -0.375 e. The van der Waals surface area contributed by atoms with Crippen molar-refractivity contribution in [2.75, 3.05) is 33.4 Å². The summed E-state index contributed by atoms with van der Waals surface area (Å²) in [6.45, 7) is 3.69. The number of nitrogens with one attached hydrogen (secondary N) is 1. The van der Waals surface area contributed by atoms with Crippen molar-refractivity contribution < 1.29 is 14.3 Å². The van der Waals surface area contributed by atoms with E-state index in [2.05, 4.69) is 41.0 Å². The first-order valence-corrected chi connectivity index (χ1v) is 10.6. The number of hydrogen-bond donors (Lipinski definition) is 1. The first-order chi connectivity index (χ1) is 13.6. The van der Waals surface area contributed by atoms with Crippen LogP contribution in [0.4, 0.5) is 0 Å². The lowest BCUT2D eigenvalue weighted by molar-refractivity contribution is -0.144. The molecule has 2 amide bonds. The fraction of sp³-hybridized carbons (Fsp3) is 0.455. The summed E-state index contributed by atoms with van der Waals surface area (Å²) in [7, 11) is 1.52. The monoisotopic (exact) mass is 400 g/mol. The Morgan fingerprint density at radius 3 is 2.68 bits per heavy atom. The average molecular weight is 401 g/mol. The topological polar surface area (TPSA) is 58.6 Å². The van der Waals surface area contributed by atoms with E-state index in [1.165, 1.54) is 17.6 Å². The third-order valence-corrected chi connectivity index (χ3v) is 6.24. The molecule has 6 heteroatoms. The van der Waals surface area contributed by atoms with E-state index in [-0.39, 0.29) is 18.4 Å². The van der Waals surface area contributed by atoms with Gasteiger partial charge >= 0.3 is 0 Å². The molecule has 0 radical (unpaired) electrons. The zero-order valence-corrected chi connectivity index (χ0v) is 17.4. The molecular weight excluding hydrogens is 372 g/mol. The van der Waals surface area contributed by atoms with Crippen molar-refractivity contribution in [1.82, 2.24) is 10.2 Å². The number of hydrogen-bond acceptors (Lipinski definition) is 4. The van der Waals surface area contributed by atoms with Gasteiger partial charge in [-0.1, -0.05) is 30.3 Å². The van der Waals surface area contributed by atoms with Crippen molar-refractivity contribution in [2.24, 2.45) is 5.41 Å².